The molecule has 0 bridgehead atoms. The lowest BCUT2D eigenvalue weighted by molar-refractivity contribution is 0.594. The zero-order valence-electron chi connectivity index (χ0n) is 8.08. The summed E-state index contributed by atoms with van der Waals surface area (Å²) in [7, 11) is 0. The monoisotopic (exact) mass is 342 g/mol. The smallest absolute Gasteiger partial charge is 0.152 e. The van der Waals surface area contributed by atoms with Gasteiger partial charge in [-0.3, -0.25) is 0 Å². The van der Waals surface area contributed by atoms with Crippen LogP contribution in [-0.4, -0.2) is 0 Å². The van der Waals surface area contributed by atoms with Gasteiger partial charge in [-0.25, -0.2) is 4.39 Å². The number of rotatable bonds is 5. The third-order valence-electron chi connectivity index (χ3n) is 2.13. The Morgan fingerprint density at radius 2 is 1.86 bits per heavy atom. The third kappa shape index (κ3) is 3.31. The maximum absolute atomic E-state index is 13.5. The van der Waals surface area contributed by atoms with Crippen molar-refractivity contribution < 1.29 is 4.39 Å². The summed E-state index contributed by atoms with van der Waals surface area (Å²) in [5.41, 5.74) is 0.831. The molecule has 4 heteroatoms. The molecule has 0 unspecified atom stereocenters. The molecule has 0 aliphatic carbocycles. The minimum absolute atomic E-state index is 0.0848. The molecular formula is C10H13Br2FS. The maximum atomic E-state index is 13.5. The van der Waals surface area contributed by atoms with E-state index in [0.29, 0.717) is 3.79 Å². The topological polar surface area (TPSA) is 0 Å². The van der Waals surface area contributed by atoms with Crippen molar-refractivity contribution in [2.24, 2.45) is 0 Å². The zero-order chi connectivity index (χ0) is 10.6. The van der Waals surface area contributed by atoms with Gasteiger partial charge in [0.1, 0.15) is 3.79 Å². The van der Waals surface area contributed by atoms with Crippen LogP contribution in [0.15, 0.2) is 7.57 Å². The van der Waals surface area contributed by atoms with Crippen molar-refractivity contribution in [1.82, 2.24) is 0 Å². The average Bonchev–Trinajstić information content (AvgIpc) is 2.38. The van der Waals surface area contributed by atoms with Gasteiger partial charge in [-0.2, -0.15) is 0 Å². The van der Waals surface area contributed by atoms with Gasteiger partial charge >= 0.3 is 0 Å². The van der Waals surface area contributed by atoms with Crippen molar-refractivity contribution in [2.75, 3.05) is 0 Å². The Kier molecular flexibility index (Phi) is 5.64. The number of hydrogen-bond donors (Lipinski definition) is 0. The van der Waals surface area contributed by atoms with Crippen molar-refractivity contribution in [3.05, 3.63) is 19.0 Å². The molecule has 0 saturated carbocycles. The molecule has 0 aliphatic rings. The first-order valence-corrected chi connectivity index (χ1v) is 7.19. The summed E-state index contributed by atoms with van der Waals surface area (Å²) >= 11 is 8.01. The van der Waals surface area contributed by atoms with Crippen molar-refractivity contribution in [3.8, 4) is 0 Å². The predicted molar refractivity (Wildman–Crippen MR) is 67.5 cm³/mol. The van der Waals surface area contributed by atoms with Crippen LogP contribution in [0.2, 0.25) is 0 Å². The lowest BCUT2D eigenvalue weighted by Crippen LogP contribution is -1.87. The second-order valence-electron chi connectivity index (χ2n) is 3.25. The molecular weight excluding hydrogens is 331 g/mol. The van der Waals surface area contributed by atoms with E-state index < -0.39 is 0 Å². The lowest BCUT2D eigenvalue weighted by Gasteiger charge is -1.99. The Bertz CT molecular complexity index is 297. The molecule has 0 radical (unpaired) electrons. The highest BCUT2D eigenvalue weighted by Gasteiger charge is 2.14. The van der Waals surface area contributed by atoms with Crippen LogP contribution in [0.5, 0.6) is 0 Å². The fourth-order valence-corrected chi connectivity index (χ4v) is 4.25. The molecule has 0 aromatic carbocycles. The van der Waals surface area contributed by atoms with Crippen LogP contribution in [0.1, 0.15) is 38.2 Å². The first kappa shape index (κ1) is 12.7. The third-order valence-corrected chi connectivity index (χ3v) is 4.72. The molecule has 0 saturated heterocycles. The Hall–Kier alpha value is 0.590. The fourth-order valence-electron chi connectivity index (χ4n) is 1.33. The summed E-state index contributed by atoms with van der Waals surface area (Å²) in [6.45, 7) is 2.18. The van der Waals surface area contributed by atoms with Gasteiger partial charge in [-0.1, -0.05) is 26.2 Å². The Morgan fingerprint density at radius 3 is 2.36 bits per heavy atom. The summed E-state index contributed by atoms with van der Waals surface area (Å²) in [5.74, 6) is -0.0848. The molecule has 1 aromatic rings. The summed E-state index contributed by atoms with van der Waals surface area (Å²) in [5, 5.41) is 0. The quantitative estimate of drug-likeness (QED) is 0.616. The minimum atomic E-state index is -0.0848. The van der Waals surface area contributed by atoms with Crippen molar-refractivity contribution >= 4 is 43.2 Å². The Morgan fingerprint density at radius 1 is 1.14 bits per heavy atom. The van der Waals surface area contributed by atoms with Crippen LogP contribution in [-0.2, 0) is 6.42 Å². The zero-order valence-corrected chi connectivity index (χ0v) is 12.1. The van der Waals surface area contributed by atoms with Gasteiger partial charge < -0.3 is 0 Å². The second kappa shape index (κ2) is 6.23. The standard InChI is InChI=1S/C10H13Br2FS/c1-2-3-4-5-6-7-8(13)10(12)14-9(7)11/h2-6H2,1H3. The van der Waals surface area contributed by atoms with E-state index in [-0.39, 0.29) is 5.82 Å². The van der Waals surface area contributed by atoms with Crippen LogP contribution in [0.4, 0.5) is 4.39 Å². The molecule has 0 spiro atoms. The van der Waals surface area contributed by atoms with E-state index >= 15 is 0 Å². The van der Waals surface area contributed by atoms with Crippen LogP contribution in [0.25, 0.3) is 0 Å². The van der Waals surface area contributed by atoms with Crippen molar-refractivity contribution in [2.45, 2.75) is 39.0 Å². The molecule has 14 heavy (non-hydrogen) atoms. The molecule has 0 nitrogen and oxygen atoms in total. The highest BCUT2D eigenvalue weighted by molar-refractivity contribution is 9.12. The van der Waals surface area contributed by atoms with E-state index in [9.17, 15) is 4.39 Å². The Labute approximate surface area is 105 Å². The number of hydrogen-bond acceptors (Lipinski definition) is 1. The normalized spacial score (nSPS) is 10.9. The van der Waals surface area contributed by atoms with Gasteiger partial charge in [0.2, 0.25) is 0 Å². The largest absolute Gasteiger partial charge is 0.204 e. The van der Waals surface area contributed by atoms with Gasteiger partial charge in [-0.05, 0) is 44.7 Å². The molecule has 1 heterocycles. The fraction of sp³-hybridized carbons (Fsp3) is 0.600. The summed E-state index contributed by atoms with van der Waals surface area (Å²) in [6, 6.07) is 0. The van der Waals surface area contributed by atoms with Gasteiger partial charge in [0.05, 0.1) is 3.79 Å². The molecule has 0 fully saturated rings. The van der Waals surface area contributed by atoms with Crippen LogP contribution in [0, 0.1) is 5.82 Å². The number of halogens is 3. The molecule has 0 amide bonds. The average molecular weight is 344 g/mol. The second-order valence-corrected chi connectivity index (χ2v) is 6.91. The van der Waals surface area contributed by atoms with E-state index in [1.165, 1.54) is 30.6 Å². The van der Waals surface area contributed by atoms with E-state index in [1.807, 2.05) is 0 Å². The predicted octanol–water partition coefficient (Wildman–Crippen LogP) is 5.54. The molecule has 80 valence electrons. The molecule has 1 aromatic heterocycles. The molecule has 0 atom stereocenters. The van der Waals surface area contributed by atoms with Crippen LogP contribution < -0.4 is 0 Å². The summed E-state index contributed by atoms with van der Waals surface area (Å²) in [4.78, 5) is 0. The van der Waals surface area contributed by atoms with E-state index in [4.69, 9.17) is 0 Å². The van der Waals surface area contributed by atoms with E-state index in [2.05, 4.69) is 38.8 Å². The number of unbranched alkanes of at least 4 members (excludes halogenated alkanes) is 3. The SMILES string of the molecule is CCCCCCc1c(Br)sc(Br)c1F. The van der Waals surface area contributed by atoms with Gasteiger partial charge in [0.15, 0.2) is 5.82 Å². The highest BCUT2D eigenvalue weighted by Crippen LogP contribution is 2.36. The number of thiophene rings is 1. The van der Waals surface area contributed by atoms with Gasteiger partial charge in [0, 0.05) is 5.56 Å². The first-order valence-electron chi connectivity index (χ1n) is 4.79. The molecule has 0 aliphatic heterocycles. The van der Waals surface area contributed by atoms with E-state index in [1.54, 1.807) is 0 Å². The minimum Gasteiger partial charge on any atom is -0.204 e. The van der Waals surface area contributed by atoms with Crippen LogP contribution >= 0.6 is 43.2 Å². The van der Waals surface area contributed by atoms with Crippen molar-refractivity contribution in [3.63, 3.8) is 0 Å². The van der Waals surface area contributed by atoms with Crippen LogP contribution in [0.3, 0.4) is 0 Å². The Balaban J connectivity index is 2.49. The van der Waals surface area contributed by atoms with Crippen molar-refractivity contribution in [1.29, 1.82) is 0 Å². The highest BCUT2D eigenvalue weighted by atomic mass is 79.9. The summed E-state index contributed by atoms with van der Waals surface area (Å²) < 4.78 is 15.0. The molecule has 1 rings (SSSR count). The van der Waals surface area contributed by atoms with Gasteiger partial charge in [0.25, 0.3) is 0 Å². The summed E-state index contributed by atoms with van der Waals surface area (Å²) in [6.07, 6.45) is 5.57. The van der Waals surface area contributed by atoms with Gasteiger partial charge in [-0.15, -0.1) is 11.3 Å². The molecule has 0 N–H and O–H groups in total. The first-order chi connectivity index (χ1) is 6.66. The van der Waals surface area contributed by atoms with E-state index in [0.717, 1.165) is 22.2 Å². The maximum Gasteiger partial charge on any atom is 0.152 e. The lowest BCUT2D eigenvalue weighted by atomic mass is 10.1.